The highest BCUT2D eigenvalue weighted by molar-refractivity contribution is 6.74. The van der Waals surface area contributed by atoms with E-state index in [9.17, 15) is 9.90 Å². The van der Waals surface area contributed by atoms with Crippen LogP contribution in [0.15, 0.2) is 48.6 Å². The van der Waals surface area contributed by atoms with Crippen molar-refractivity contribution in [2.45, 2.75) is 258 Å². The fourth-order valence-electron chi connectivity index (χ4n) is 14.2. The van der Waals surface area contributed by atoms with Gasteiger partial charge < -0.3 is 71.1 Å². The molecule has 0 aromatic heterocycles. The summed E-state index contributed by atoms with van der Waals surface area (Å²) in [6.07, 6.45) is -1.36. The molecule has 12 heterocycles. The van der Waals surface area contributed by atoms with E-state index in [1.807, 2.05) is 24.3 Å². The number of aliphatic hydroxyl groups excluding tert-OH is 1. The van der Waals surface area contributed by atoms with Crippen molar-refractivity contribution in [1.82, 2.24) is 0 Å². The Hall–Kier alpha value is -2.33. The fourth-order valence-corrected chi connectivity index (χ4v) is 15.5. The number of esters is 1. The highest BCUT2D eigenvalue weighted by atomic mass is 28.4. The first-order chi connectivity index (χ1) is 34.9. The quantitative estimate of drug-likeness (QED) is 0.167. The van der Waals surface area contributed by atoms with Crippen LogP contribution in [-0.2, 0) is 66.1 Å². The minimum Gasteiger partial charge on any atom is -0.497 e. The molecule has 12 fully saturated rings. The summed E-state index contributed by atoms with van der Waals surface area (Å²) in [6, 6.07) is 7.66. The maximum Gasteiger partial charge on any atom is 0.308 e. The van der Waals surface area contributed by atoms with E-state index in [1.54, 1.807) is 7.11 Å². The molecule has 1 aromatic rings. The Morgan fingerprint density at radius 2 is 1.47 bits per heavy atom. The van der Waals surface area contributed by atoms with Crippen molar-refractivity contribution in [1.29, 1.82) is 0 Å². The van der Waals surface area contributed by atoms with Crippen molar-refractivity contribution in [2.24, 2.45) is 11.8 Å². The largest absolute Gasteiger partial charge is 0.497 e. The third kappa shape index (κ3) is 8.96. The number of fused-ring (bicyclic) bond motifs is 7. The smallest absolute Gasteiger partial charge is 0.308 e. The summed E-state index contributed by atoms with van der Waals surface area (Å²) in [4.78, 5) is 14.6. The lowest BCUT2D eigenvalue weighted by atomic mass is 9.79. The molecule has 2 spiro atoms. The molecule has 12 saturated heterocycles. The van der Waals surface area contributed by atoms with Crippen LogP contribution in [0.5, 0.6) is 5.75 Å². The first-order valence-electron chi connectivity index (χ1n) is 27.6. The molecule has 1 aromatic carbocycles. The molecule has 16 nitrogen and oxygen atoms in total. The highest BCUT2D eigenvalue weighted by Gasteiger charge is 2.83. The minimum atomic E-state index is -2.23. The second-order valence-electron chi connectivity index (χ2n) is 24.9. The van der Waals surface area contributed by atoms with Crippen LogP contribution >= 0.6 is 0 Å². The number of rotatable bonds is 6. The van der Waals surface area contributed by atoms with Crippen LogP contribution in [0.4, 0.5) is 0 Å². The Balaban J connectivity index is 0.842. The van der Waals surface area contributed by atoms with Crippen LogP contribution in [0.1, 0.15) is 124 Å². The average molecular weight is 1040 g/mol. The zero-order chi connectivity index (χ0) is 50.9. The Morgan fingerprint density at radius 3 is 2.23 bits per heavy atom. The minimum absolute atomic E-state index is 0.0216. The molecule has 1 unspecified atom stereocenters. The number of carbonyl (C=O) groups is 1. The fraction of sp³-hybridized carbons (Fsp3) is 0.804. The van der Waals surface area contributed by atoms with Gasteiger partial charge in [-0.25, -0.2) is 0 Å². The number of aliphatic hydroxyl groups is 1. The first-order valence-corrected chi connectivity index (χ1v) is 30.5. The van der Waals surface area contributed by atoms with E-state index in [2.05, 4.69) is 60.9 Å². The van der Waals surface area contributed by atoms with Crippen molar-refractivity contribution in [3.8, 4) is 5.75 Å². The summed E-state index contributed by atoms with van der Waals surface area (Å²) in [7, 11) is -0.593. The number of hydrogen-bond donors (Lipinski definition) is 1. The lowest BCUT2D eigenvalue weighted by Gasteiger charge is -2.53. The van der Waals surface area contributed by atoms with Gasteiger partial charge in [0.1, 0.15) is 42.4 Å². The lowest BCUT2D eigenvalue weighted by Crippen LogP contribution is -2.63. The molecule has 17 heteroatoms. The van der Waals surface area contributed by atoms with E-state index < -0.39 is 87.2 Å². The van der Waals surface area contributed by atoms with Crippen molar-refractivity contribution >= 4 is 14.3 Å². The van der Waals surface area contributed by atoms with Crippen molar-refractivity contribution in [3.63, 3.8) is 0 Å². The number of hydrogen-bond acceptors (Lipinski definition) is 16. The van der Waals surface area contributed by atoms with Gasteiger partial charge in [-0.1, -0.05) is 59.9 Å². The van der Waals surface area contributed by atoms with E-state index in [-0.39, 0.29) is 84.7 Å². The van der Waals surface area contributed by atoms with Crippen LogP contribution in [0.3, 0.4) is 0 Å². The van der Waals surface area contributed by atoms with E-state index >= 15 is 0 Å². The number of carbonyl (C=O) groups excluding carboxylic acids is 1. The van der Waals surface area contributed by atoms with Crippen LogP contribution in [-0.4, -0.2) is 155 Å². The summed E-state index contributed by atoms with van der Waals surface area (Å²) < 4.78 is 96.5. The second kappa shape index (κ2) is 19.2. The van der Waals surface area contributed by atoms with Gasteiger partial charge in [-0.2, -0.15) is 0 Å². The van der Waals surface area contributed by atoms with Crippen LogP contribution in [0.25, 0.3) is 0 Å². The Labute approximate surface area is 431 Å². The van der Waals surface area contributed by atoms with Gasteiger partial charge in [0.05, 0.1) is 80.7 Å². The van der Waals surface area contributed by atoms with Crippen LogP contribution in [0.2, 0.25) is 18.1 Å². The molecule has 0 saturated carbocycles. The number of methoxy groups -OCH3 is 1. The van der Waals surface area contributed by atoms with E-state index in [0.717, 1.165) is 48.1 Å². The van der Waals surface area contributed by atoms with Gasteiger partial charge in [-0.15, -0.1) is 0 Å². The lowest BCUT2D eigenvalue weighted by molar-refractivity contribution is -0.329. The summed E-state index contributed by atoms with van der Waals surface area (Å²) >= 11 is 0. The molecule has 1 N–H and O–H groups in total. The molecule has 0 amide bonds. The standard InChI is InChI=1S/C56H80O16Si/c1-28-23-34-15-17-37-29(2)24-36(60-37)19-21-55-53-56(71-52(67-53)32-11-13-33(59-8)14-12-32)51(70-55)50-49(69-56)48(68-55)47-39(65-50)18-16-35(62-47)25-44(58)66-46-31(4)45-43(63-42(46)26-40(61-34)30(28)3)27-41(38(64-45)20-22-57)72-73(9,10)54(5,6)7/h11-14,28,31,34-43,45-53,57H,2-3,15-27H2,1,4-10H3/t28-,31-,34-,35+,36-,37-,38+,39-,40+,41+,42-,43-,45-,46+,47-,48-,49+,50+,51+,52?,53-,55-,56-/m0/s1. The molecule has 0 radical (unpaired) electrons. The molecule has 23 atom stereocenters. The van der Waals surface area contributed by atoms with Gasteiger partial charge in [0.25, 0.3) is 0 Å². The van der Waals surface area contributed by atoms with Gasteiger partial charge in [0.15, 0.2) is 20.7 Å². The zero-order valence-corrected chi connectivity index (χ0v) is 45.1. The van der Waals surface area contributed by atoms with Gasteiger partial charge in [0.2, 0.25) is 11.6 Å². The monoisotopic (exact) mass is 1040 g/mol. The van der Waals surface area contributed by atoms with Gasteiger partial charge in [-0.05, 0) is 98.7 Å². The van der Waals surface area contributed by atoms with E-state index in [0.29, 0.717) is 44.9 Å². The topological polar surface area (TPSA) is 167 Å². The Bertz CT molecular complexity index is 2240. The summed E-state index contributed by atoms with van der Waals surface area (Å²) in [5.74, 6) is -2.27. The number of benzene rings is 1. The Kier molecular flexibility index (Phi) is 13.6. The first kappa shape index (κ1) is 51.4. The second-order valence-corrected chi connectivity index (χ2v) is 29.6. The van der Waals surface area contributed by atoms with Gasteiger partial charge >= 0.3 is 5.97 Å². The highest BCUT2D eigenvalue weighted by Crippen LogP contribution is 2.64. The maximum atomic E-state index is 14.6. The molecule has 12 aliphatic heterocycles. The van der Waals surface area contributed by atoms with Gasteiger partial charge in [0, 0.05) is 37.4 Å². The predicted molar refractivity (Wildman–Crippen MR) is 265 cm³/mol. The van der Waals surface area contributed by atoms with Gasteiger partial charge in [-0.3, -0.25) is 4.79 Å². The molecular formula is C56H80O16Si. The van der Waals surface area contributed by atoms with Crippen molar-refractivity contribution in [2.75, 3.05) is 13.7 Å². The van der Waals surface area contributed by atoms with E-state index in [1.165, 1.54) is 0 Å². The summed E-state index contributed by atoms with van der Waals surface area (Å²) in [6.45, 7) is 24.6. The van der Waals surface area contributed by atoms with Crippen LogP contribution < -0.4 is 4.74 Å². The summed E-state index contributed by atoms with van der Waals surface area (Å²) in [5.41, 5.74) is 2.92. The molecule has 404 valence electrons. The molecular weight excluding hydrogens is 957 g/mol. The zero-order valence-electron chi connectivity index (χ0n) is 44.1. The summed E-state index contributed by atoms with van der Waals surface area (Å²) in [5, 5.41) is 10.3. The molecule has 13 rings (SSSR count). The normalized spacial score (nSPS) is 48.6. The third-order valence-corrected chi connectivity index (χ3v) is 23.7. The Morgan fingerprint density at radius 1 is 0.726 bits per heavy atom. The third-order valence-electron chi connectivity index (χ3n) is 19.2. The van der Waals surface area contributed by atoms with Crippen molar-refractivity contribution < 1.29 is 75.9 Å². The SMILES string of the molecule is C=C1C[C@@H]2CC[C@@]34O[C@@H]5[C@H]6O[C@]7(OC(c8ccc(OC)cc8)O[C@@H]37)[C@H](O4)[C@@H]6O[C@H]3CC[C@H](CC(=O)O[C@@H]4[C@@H](C)[C@@H]6O[C@H](CCO)[C@H](O[Si](C)(C)C(C)(C)C)C[C@@H]6O[C@H]4C[C@H]4O[C@@H](CC[C@@H]1O2)C[C@H](C)C4=C)O[C@H]53. The van der Waals surface area contributed by atoms with Crippen LogP contribution in [0, 0.1) is 11.8 Å². The predicted octanol–water partition coefficient (Wildman–Crippen LogP) is 7.68. The average Bonchev–Trinajstić information content (AvgIpc) is 4.03. The molecule has 12 bridgehead atoms. The maximum absolute atomic E-state index is 14.6. The molecule has 12 aliphatic rings. The number of ether oxygens (including phenoxy) is 13. The molecule has 0 aliphatic carbocycles. The molecule has 73 heavy (non-hydrogen) atoms. The van der Waals surface area contributed by atoms with E-state index in [4.69, 9.17) is 66.0 Å². The van der Waals surface area contributed by atoms with Crippen molar-refractivity contribution in [3.05, 3.63) is 54.1 Å².